The Morgan fingerprint density at radius 3 is 2.48 bits per heavy atom. The third kappa shape index (κ3) is 4.54. The molecule has 0 aliphatic rings. The van der Waals surface area contributed by atoms with E-state index in [0.717, 1.165) is 6.26 Å². The van der Waals surface area contributed by atoms with Gasteiger partial charge in [-0.25, -0.2) is 13.1 Å². The molecule has 7 nitrogen and oxygen atoms in total. The second-order valence-corrected chi connectivity index (χ2v) is 7.57. The number of rotatable bonds is 4. The van der Waals surface area contributed by atoms with Crippen molar-refractivity contribution in [2.45, 2.75) is 24.3 Å². The van der Waals surface area contributed by atoms with E-state index in [4.69, 9.17) is 5.73 Å². The van der Waals surface area contributed by atoms with Crippen LogP contribution in [-0.4, -0.2) is 35.9 Å². The fourth-order valence-corrected chi connectivity index (χ4v) is 2.64. The summed E-state index contributed by atoms with van der Waals surface area (Å²) in [6.07, 6.45) is 4.10. The number of anilines is 1. The third-order valence-corrected chi connectivity index (χ3v) is 4.08. The number of para-hydroxylation sites is 1. The summed E-state index contributed by atoms with van der Waals surface area (Å²) in [6.45, 7) is 3.18. The average Bonchev–Trinajstić information content (AvgIpc) is 2.85. The second-order valence-electron chi connectivity index (χ2n) is 5.59. The number of carbonyl (C=O) groups excluding carboxylic acids is 1. The first-order valence-corrected chi connectivity index (χ1v) is 8.42. The third-order valence-electron chi connectivity index (χ3n) is 2.94. The van der Waals surface area contributed by atoms with Crippen molar-refractivity contribution >= 4 is 33.8 Å². The zero-order chi connectivity index (χ0) is 16.5. The van der Waals surface area contributed by atoms with Crippen LogP contribution >= 0.6 is 12.4 Å². The molecule has 0 aliphatic heterocycles. The molecule has 23 heavy (non-hydrogen) atoms. The standard InChI is InChI=1S/C14H18N4O3S.ClH/c1-14(2,15)13(19)17-10-8-16-18(9-10)11-6-4-5-7-12(11)22(3,20)21;/h4-9H,15H2,1-3H3,(H,17,19);1H. The molecule has 0 radical (unpaired) electrons. The smallest absolute Gasteiger partial charge is 0.243 e. The quantitative estimate of drug-likeness (QED) is 0.858. The van der Waals surface area contributed by atoms with Gasteiger partial charge in [-0.1, -0.05) is 12.1 Å². The first-order chi connectivity index (χ1) is 10.1. The van der Waals surface area contributed by atoms with E-state index in [1.54, 1.807) is 32.0 Å². The molecule has 0 bridgehead atoms. The van der Waals surface area contributed by atoms with Crippen LogP contribution in [0.3, 0.4) is 0 Å². The normalized spacial score (nSPS) is 11.7. The number of hydrogen-bond donors (Lipinski definition) is 2. The Morgan fingerprint density at radius 1 is 1.30 bits per heavy atom. The molecule has 1 amide bonds. The molecule has 126 valence electrons. The van der Waals surface area contributed by atoms with Crippen LogP contribution in [0.25, 0.3) is 5.69 Å². The Hall–Kier alpha value is -1.90. The van der Waals surface area contributed by atoms with Gasteiger partial charge in [0, 0.05) is 6.26 Å². The van der Waals surface area contributed by atoms with Gasteiger partial charge in [-0.15, -0.1) is 12.4 Å². The minimum absolute atomic E-state index is 0. The number of hydrogen-bond acceptors (Lipinski definition) is 5. The summed E-state index contributed by atoms with van der Waals surface area (Å²) in [5.74, 6) is -0.358. The first-order valence-electron chi connectivity index (χ1n) is 6.53. The molecule has 2 aromatic rings. The van der Waals surface area contributed by atoms with Crippen LogP contribution in [0.15, 0.2) is 41.6 Å². The van der Waals surface area contributed by atoms with Crippen LogP contribution in [0.2, 0.25) is 0 Å². The van der Waals surface area contributed by atoms with Gasteiger partial charge in [-0.3, -0.25) is 4.79 Å². The van der Waals surface area contributed by atoms with Crippen molar-refractivity contribution in [3.63, 3.8) is 0 Å². The lowest BCUT2D eigenvalue weighted by Gasteiger charge is -2.16. The topological polar surface area (TPSA) is 107 Å². The summed E-state index contributed by atoms with van der Waals surface area (Å²) >= 11 is 0. The fraction of sp³-hybridized carbons (Fsp3) is 0.286. The molecule has 0 aliphatic carbocycles. The van der Waals surface area contributed by atoms with E-state index >= 15 is 0 Å². The van der Waals surface area contributed by atoms with Crippen LogP contribution in [-0.2, 0) is 14.6 Å². The molecule has 0 spiro atoms. The van der Waals surface area contributed by atoms with Crippen molar-refractivity contribution in [3.05, 3.63) is 36.7 Å². The molecule has 0 atom stereocenters. The molecule has 1 aromatic heterocycles. The van der Waals surface area contributed by atoms with E-state index in [2.05, 4.69) is 10.4 Å². The second kappa shape index (κ2) is 6.69. The maximum atomic E-state index is 11.8. The Balaban J connectivity index is 0.00000264. The Labute approximate surface area is 141 Å². The number of benzene rings is 1. The number of sulfone groups is 1. The van der Waals surface area contributed by atoms with Gasteiger partial charge in [0.2, 0.25) is 5.91 Å². The predicted octanol–water partition coefficient (Wildman–Crippen LogP) is 1.37. The van der Waals surface area contributed by atoms with Crippen LogP contribution < -0.4 is 11.1 Å². The molecule has 2 rings (SSSR count). The van der Waals surface area contributed by atoms with Gasteiger partial charge in [-0.2, -0.15) is 5.10 Å². The summed E-state index contributed by atoms with van der Waals surface area (Å²) in [4.78, 5) is 12.0. The maximum Gasteiger partial charge on any atom is 0.243 e. The molecule has 0 unspecified atom stereocenters. The largest absolute Gasteiger partial charge is 0.322 e. The molecular formula is C14H19ClN4O3S. The van der Waals surface area contributed by atoms with Crippen molar-refractivity contribution in [1.82, 2.24) is 9.78 Å². The summed E-state index contributed by atoms with van der Waals surface area (Å²) in [5, 5.41) is 6.73. The van der Waals surface area contributed by atoms with Crippen LogP contribution in [0.1, 0.15) is 13.8 Å². The zero-order valence-corrected chi connectivity index (χ0v) is 14.6. The average molecular weight is 359 g/mol. The van der Waals surface area contributed by atoms with Crippen molar-refractivity contribution in [2.24, 2.45) is 5.73 Å². The SMILES string of the molecule is CC(C)(N)C(=O)Nc1cnn(-c2ccccc2S(C)(=O)=O)c1.Cl. The number of nitrogens with zero attached hydrogens (tertiary/aromatic N) is 2. The van der Waals surface area contributed by atoms with Gasteiger partial charge in [0.05, 0.1) is 34.2 Å². The van der Waals surface area contributed by atoms with Crippen molar-refractivity contribution < 1.29 is 13.2 Å². The number of amides is 1. The van der Waals surface area contributed by atoms with Crippen LogP contribution in [0.4, 0.5) is 5.69 Å². The predicted molar refractivity (Wildman–Crippen MR) is 90.8 cm³/mol. The molecule has 0 saturated carbocycles. The Bertz CT molecular complexity index is 809. The van der Waals surface area contributed by atoms with Gasteiger partial charge in [0.1, 0.15) is 0 Å². The highest BCUT2D eigenvalue weighted by atomic mass is 35.5. The number of halogens is 1. The number of nitrogens with two attached hydrogens (primary N) is 1. The molecule has 0 fully saturated rings. The number of carbonyl (C=O) groups is 1. The molecule has 1 heterocycles. The maximum absolute atomic E-state index is 11.8. The molecule has 0 saturated heterocycles. The minimum atomic E-state index is -3.39. The van der Waals surface area contributed by atoms with Crippen LogP contribution in [0.5, 0.6) is 0 Å². The molecule has 3 N–H and O–H groups in total. The van der Waals surface area contributed by atoms with Gasteiger partial charge < -0.3 is 11.1 Å². The lowest BCUT2D eigenvalue weighted by Crippen LogP contribution is -2.45. The summed E-state index contributed by atoms with van der Waals surface area (Å²) in [7, 11) is -3.39. The van der Waals surface area contributed by atoms with Crippen molar-refractivity contribution in [1.29, 1.82) is 0 Å². The minimum Gasteiger partial charge on any atom is -0.322 e. The highest BCUT2D eigenvalue weighted by Crippen LogP contribution is 2.20. The summed E-state index contributed by atoms with van der Waals surface area (Å²) < 4.78 is 25.0. The Morgan fingerprint density at radius 2 is 1.91 bits per heavy atom. The number of aromatic nitrogens is 2. The summed E-state index contributed by atoms with van der Waals surface area (Å²) in [5.41, 5.74) is 5.54. The van der Waals surface area contributed by atoms with Crippen molar-refractivity contribution in [2.75, 3.05) is 11.6 Å². The molecule has 9 heteroatoms. The number of nitrogens with one attached hydrogen (secondary N) is 1. The fourth-order valence-electron chi connectivity index (χ4n) is 1.77. The van der Waals surface area contributed by atoms with E-state index in [1.807, 2.05) is 0 Å². The van der Waals surface area contributed by atoms with Gasteiger partial charge in [0.15, 0.2) is 9.84 Å². The monoisotopic (exact) mass is 358 g/mol. The van der Waals surface area contributed by atoms with E-state index in [-0.39, 0.29) is 23.2 Å². The zero-order valence-electron chi connectivity index (χ0n) is 13.0. The highest BCUT2D eigenvalue weighted by molar-refractivity contribution is 7.90. The Kier molecular flexibility index (Phi) is 5.57. The van der Waals surface area contributed by atoms with E-state index in [1.165, 1.54) is 23.1 Å². The van der Waals surface area contributed by atoms with E-state index in [0.29, 0.717) is 11.4 Å². The first kappa shape index (κ1) is 19.1. The van der Waals surface area contributed by atoms with Crippen molar-refractivity contribution in [3.8, 4) is 5.69 Å². The van der Waals surface area contributed by atoms with Gasteiger partial charge >= 0.3 is 0 Å². The molecular weight excluding hydrogens is 340 g/mol. The lowest BCUT2D eigenvalue weighted by molar-refractivity contribution is -0.120. The van der Waals surface area contributed by atoms with Gasteiger partial charge in [-0.05, 0) is 26.0 Å². The molecule has 1 aromatic carbocycles. The van der Waals surface area contributed by atoms with Gasteiger partial charge in [0.25, 0.3) is 0 Å². The van der Waals surface area contributed by atoms with E-state index in [9.17, 15) is 13.2 Å². The van der Waals surface area contributed by atoms with Crippen LogP contribution in [0, 0.1) is 0 Å². The highest BCUT2D eigenvalue weighted by Gasteiger charge is 2.22. The summed E-state index contributed by atoms with van der Waals surface area (Å²) in [6, 6.07) is 6.51. The lowest BCUT2D eigenvalue weighted by atomic mass is 10.1. The van der Waals surface area contributed by atoms with E-state index < -0.39 is 15.4 Å².